The van der Waals surface area contributed by atoms with Gasteiger partial charge in [0.1, 0.15) is 0 Å². The van der Waals surface area contributed by atoms with Gasteiger partial charge in [-0.05, 0) is 36.3 Å². The summed E-state index contributed by atoms with van der Waals surface area (Å²) in [6.45, 7) is 2.25. The fourth-order valence-corrected chi connectivity index (χ4v) is 2.87. The Hall–Kier alpha value is -1.08. The standard InChI is InChI=1S/C18H21Br/c1-2-18(19)17(13-15-9-5-3-6-10-15)14-16-11-7-4-8-12-16/h3-12,17-18H,2,13-14H2,1H3. The second-order valence-electron chi connectivity index (χ2n) is 5.06. The first kappa shape index (κ1) is 14.3. The van der Waals surface area contributed by atoms with E-state index >= 15 is 0 Å². The number of hydrogen-bond donors (Lipinski definition) is 0. The van der Waals surface area contributed by atoms with Crippen molar-refractivity contribution in [2.24, 2.45) is 5.92 Å². The van der Waals surface area contributed by atoms with Crippen LogP contribution in [0.15, 0.2) is 60.7 Å². The molecule has 0 fully saturated rings. The highest BCUT2D eigenvalue weighted by molar-refractivity contribution is 9.09. The van der Waals surface area contributed by atoms with E-state index in [1.807, 2.05) is 0 Å². The number of benzene rings is 2. The molecular weight excluding hydrogens is 296 g/mol. The normalized spacial score (nSPS) is 12.6. The van der Waals surface area contributed by atoms with E-state index in [-0.39, 0.29) is 0 Å². The van der Waals surface area contributed by atoms with Crippen LogP contribution in [0, 0.1) is 5.92 Å². The minimum atomic E-state index is 0.577. The van der Waals surface area contributed by atoms with Gasteiger partial charge in [0.05, 0.1) is 0 Å². The summed E-state index contributed by atoms with van der Waals surface area (Å²) in [5.74, 6) is 0.648. The Morgan fingerprint density at radius 3 is 1.58 bits per heavy atom. The molecule has 100 valence electrons. The Balaban J connectivity index is 2.08. The van der Waals surface area contributed by atoms with Gasteiger partial charge in [-0.2, -0.15) is 0 Å². The van der Waals surface area contributed by atoms with Crippen LogP contribution in [0.5, 0.6) is 0 Å². The van der Waals surface area contributed by atoms with Crippen molar-refractivity contribution in [1.82, 2.24) is 0 Å². The molecule has 1 heteroatoms. The minimum Gasteiger partial charge on any atom is -0.0888 e. The molecule has 0 aromatic heterocycles. The van der Waals surface area contributed by atoms with Crippen LogP contribution in [0.2, 0.25) is 0 Å². The van der Waals surface area contributed by atoms with Crippen molar-refractivity contribution < 1.29 is 0 Å². The average molecular weight is 317 g/mol. The molecule has 19 heavy (non-hydrogen) atoms. The van der Waals surface area contributed by atoms with Crippen LogP contribution in [0.3, 0.4) is 0 Å². The van der Waals surface area contributed by atoms with Gasteiger partial charge in [-0.15, -0.1) is 0 Å². The summed E-state index contributed by atoms with van der Waals surface area (Å²) in [7, 11) is 0. The van der Waals surface area contributed by atoms with Crippen LogP contribution in [-0.4, -0.2) is 4.83 Å². The number of hydrogen-bond acceptors (Lipinski definition) is 0. The van der Waals surface area contributed by atoms with Crippen molar-refractivity contribution in [3.05, 3.63) is 71.8 Å². The molecule has 0 radical (unpaired) electrons. The summed E-state index contributed by atoms with van der Waals surface area (Å²) in [4.78, 5) is 0.577. The third-order valence-corrected chi connectivity index (χ3v) is 4.98. The Morgan fingerprint density at radius 1 is 0.789 bits per heavy atom. The predicted molar refractivity (Wildman–Crippen MR) is 86.8 cm³/mol. The van der Waals surface area contributed by atoms with Gasteiger partial charge in [0.2, 0.25) is 0 Å². The van der Waals surface area contributed by atoms with Crippen LogP contribution in [0.25, 0.3) is 0 Å². The first-order chi connectivity index (χ1) is 9.29. The smallest absolute Gasteiger partial charge is 0.0177 e. The molecule has 0 aliphatic heterocycles. The number of halogens is 1. The maximum absolute atomic E-state index is 3.86. The Kier molecular flexibility index (Phi) is 5.65. The van der Waals surface area contributed by atoms with Gasteiger partial charge in [-0.25, -0.2) is 0 Å². The van der Waals surface area contributed by atoms with E-state index in [9.17, 15) is 0 Å². The summed E-state index contributed by atoms with van der Waals surface area (Å²) in [6.07, 6.45) is 3.45. The number of alkyl halides is 1. The zero-order valence-corrected chi connectivity index (χ0v) is 13.0. The maximum atomic E-state index is 3.86. The largest absolute Gasteiger partial charge is 0.0888 e. The van der Waals surface area contributed by atoms with Crippen molar-refractivity contribution in [2.45, 2.75) is 31.0 Å². The summed E-state index contributed by atoms with van der Waals surface area (Å²) in [5, 5.41) is 0. The molecule has 1 atom stereocenters. The highest BCUT2D eigenvalue weighted by Crippen LogP contribution is 2.25. The highest BCUT2D eigenvalue weighted by atomic mass is 79.9. The molecule has 0 bridgehead atoms. The molecule has 0 amide bonds. The van der Waals surface area contributed by atoms with Crippen molar-refractivity contribution in [3.63, 3.8) is 0 Å². The van der Waals surface area contributed by atoms with E-state index in [0.29, 0.717) is 10.7 Å². The fraction of sp³-hybridized carbons (Fsp3) is 0.333. The molecule has 0 spiro atoms. The predicted octanol–water partition coefficient (Wildman–Crippen LogP) is 5.26. The van der Waals surface area contributed by atoms with Crippen molar-refractivity contribution >= 4 is 15.9 Å². The van der Waals surface area contributed by atoms with Crippen molar-refractivity contribution in [2.75, 3.05) is 0 Å². The molecule has 2 rings (SSSR count). The van der Waals surface area contributed by atoms with E-state index in [4.69, 9.17) is 0 Å². The summed E-state index contributed by atoms with van der Waals surface area (Å²) in [5.41, 5.74) is 2.86. The second kappa shape index (κ2) is 7.49. The molecule has 0 aliphatic carbocycles. The van der Waals surface area contributed by atoms with E-state index < -0.39 is 0 Å². The lowest BCUT2D eigenvalue weighted by Gasteiger charge is -2.22. The van der Waals surface area contributed by atoms with Gasteiger partial charge in [-0.1, -0.05) is 83.5 Å². The molecule has 0 nitrogen and oxygen atoms in total. The summed E-state index contributed by atoms with van der Waals surface area (Å²) >= 11 is 3.86. The molecule has 1 unspecified atom stereocenters. The molecule has 0 aliphatic rings. The lowest BCUT2D eigenvalue weighted by Crippen LogP contribution is -2.19. The van der Waals surface area contributed by atoms with Crippen molar-refractivity contribution in [1.29, 1.82) is 0 Å². The van der Waals surface area contributed by atoms with Crippen LogP contribution in [-0.2, 0) is 12.8 Å². The Bertz CT molecular complexity index is 422. The maximum Gasteiger partial charge on any atom is 0.0177 e. The Morgan fingerprint density at radius 2 is 1.21 bits per heavy atom. The van der Waals surface area contributed by atoms with E-state index in [1.54, 1.807) is 0 Å². The molecule has 2 aromatic carbocycles. The van der Waals surface area contributed by atoms with E-state index in [1.165, 1.54) is 17.5 Å². The van der Waals surface area contributed by atoms with Crippen LogP contribution < -0.4 is 0 Å². The molecule has 0 saturated carbocycles. The first-order valence-corrected chi connectivity index (χ1v) is 7.93. The van der Waals surface area contributed by atoms with Gasteiger partial charge in [0.15, 0.2) is 0 Å². The molecule has 0 heterocycles. The molecule has 0 N–H and O–H groups in total. The van der Waals surface area contributed by atoms with Crippen LogP contribution in [0.4, 0.5) is 0 Å². The molecule has 2 aromatic rings. The quantitative estimate of drug-likeness (QED) is 0.637. The first-order valence-electron chi connectivity index (χ1n) is 7.01. The number of rotatable bonds is 6. The third kappa shape index (κ3) is 4.50. The summed E-state index contributed by atoms with van der Waals surface area (Å²) < 4.78 is 0. The minimum absolute atomic E-state index is 0.577. The van der Waals surface area contributed by atoms with Gasteiger partial charge >= 0.3 is 0 Å². The fourth-order valence-electron chi connectivity index (χ4n) is 2.49. The molecular formula is C18H21Br. The van der Waals surface area contributed by atoms with Gasteiger partial charge in [0.25, 0.3) is 0 Å². The lowest BCUT2D eigenvalue weighted by atomic mass is 9.89. The van der Waals surface area contributed by atoms with Gasteiger partial charge < -0.3 is 0 Å². The van der Waals surface area contributed by atoms with Crippen molar-refractivity contribution in [3.8, 4) is 0 Å². The zero-order chi connectivity index (χ0) is 13.5. The molecule has 0 saturated heterocycles. The third-order valence-electron chi connectivity index (χ3n) is 3.58. The highest BCUT2D eigenvalue weighted by Gasteiger charge is 2.18. The van der Waals surface area contributed by atoms with Crippen LogP contribution in [0.1, 0.15) is 24.5 Å². The second-order valence-corrected chi connectivity index (χ2v) is 6.24. The van der Waals surface area contributed by atoms with E-state index in [0.717, 1.165) is 12.8 Å². The SMILES string of the molecule is CCC(Br)C(Cc1ccccc1)Cc1ccccc1. The van der Waals surface area contributed by atoms with Gasteiger partial charge in [0, 0.05) is 4.83 Å². The van der Waals surface area contributed by atoms with E-state index in [2.05, 4.69) is 83.5 Å². The van der Waals surface area contributed by atoms with Gasteiger partial charge in [-0.3, -0.25) is 0 Å². The zero-order valence-electron chi connectivity index (χ0n) is 11.4. The van der Waals surface area contributed by atoms with Crippen LogP contribution >= 0.6 is 15.9 Å². The average Bonchev–Trinajstić information content (AvgIpc) is 2.48. The topological polar surface area (TPSA) is 0 Å². The Labute approximate surface area is 125 Å². The summed E-state index contributed by atoms with van der Waals surface area (Å²) in [6, 6.07) is 21.6. The monoisotopic (exact) mass is 316 g/mol. The lowest BCUT2D eigenvalue weighted by molar-refractivity contribution is 0.494.